The van der Waals surface area contributed by atoms with Crippen molar-refractivity contribution in [3.8, 4) is 0 Å². The van der Waals surface area contributed by atoms with Crippen molar-refractivity contribution in [2.24, 2.45) is 5.73 Å². The van der Waals surface area contributed by atoms with Gasteiger partial charge < -0.3 is 10.6 Å². The lowest BCUT2D eigenvalue weighted by Gasteiger charge is -2.19. The maximum Gasteiger partial charge on any atom is 0.227 e. The fourth-order valence-electron chi connectivity index (χ4n) is 1.84. The monoisotopic (exact) mass is 298 g/mol. The summed E-state index contributed by atoms with van der Waals surface area (Å²) in [6.07, 6.45) is 1.50. The highest BCUT2D eigenvalue weighted by Gasteiger charge is 2.24. The highest BCUT2D eigenvalue weighted by molar-refractivity contribution is 9.10. The number of nitrogens with two attached hydrogens (primary N) is 1. The molecule has 0 atom stereocenters. The highest BCUT2D eigenvalue weighted by atomic mass is 79.9. The summed E-state index contributed by atoms with van der Waals surface area (Å²) in [5.74, 6) is 0.139. The van der Waals surface area contributed by atoms with Crippen LogP contribution in [0.25, 0.3) is 0 Å². The van der Waals surface area contributed by atoms with E-state index in [0.717, 1.165) is 28.7 Å². The van der Waals surface area contributed by atoms with Crippen LogP contribution in [-0.2, 0) is 4.79 Å². The molecule has 1 aliphatic heterocycles. The molecule has 0 radical (unpaired) electrons. The van der Waals surface area contributed by atoms with Crippen LogP contribution in [0.2, 0.25) is 0 Å². The Morgan fingerprint density at radius 3 is 2.81 bits per heavy atom. The molecule has 0 bridgehead atoms. The van der Waals surface area contributed by atoms with E-state index in [9.17, 15) is 4.79 Å². The second-order valence-corrected chi connectivity index (χ2v) is 5.03. The zero-order chi connectivity index (χ0) is 11.7. The number of thiocarbonyl (C=S) groups is 1. The molecule has 1 heterocycles. The minimum absolute atomic E-state index is 0.139. The number of rotatable bonds is 2. The van der Waals surface area contributed by atoms with Crippen LogP contribution < -0.4 is 10.6 Å². The lowest BCUT2D eigenvalue weighted by Crippen LogP contribution is -2.26. The molecular formula is C11H11BrN2OS. The zero-order valence-electron chi connectivity index (χ0n) is 8.57. The lowest BCUT2D eigenvalue weighted by atomic mass is 10.1. The quantitative estimate of drug-likeness (QED) is 0.852. The van der Waals surface area contributed by atoms with E-state index in [2.05, 4.69) is 15.9 Å². The Bertz CT molecular complexity index is 461. The number of hydrogen-bond donors (Lipinski definition) is 1. The van der Waals surface area contributed by atoms with Crippen LogP contribution in [0.5, 0.6) is 0 Å². The van der Waals surface area contributed by atoms with Crippen molar-refractivity contribution in [3.63, 3.8) is 0 Å². The summed E-state index contributed by atoms with van der Waals surface area (Å²) in [5.41, 5.74) is 7.24. The number of anilines is 1. The van der Waals surface area contributed by atoms with E-state index in [1.54, 1.807) is 4.90 Å². The molecule has 5 heteroatoms. The molecule has 84 valence electrons. The van der Waals surface area contributed by atoms with Gasteiger partial charge in [-0.1, -0.05) is 28.1 Å². The number of nitrogens with zero attached hydrogens (tertiary/aromatic N) is 1. The Balaban J connectivity index is 2.47. The topological polar surface area (TPSA) is 46.3 Å². The van der Waals surface area contributed by atoms with Crippen molar-refractivity contribution in [1.29, 1.82) is 0 Å². The maximum atomic E-state index is 11.7. The molecule has 0 saturated carbocycles. The van der Waals surface area contributed by atoms with E-state index in [4.69, 9.17) is 18.0 Å². The van der Waals surface area contributed by atoms with E-state index in [0.29, 0.717) is 11.4 Å². The average Bonchev–Trinajstić information content (AvgIpc) is 2.64. The van der Waals surface area contributed by atoms with Crippen molar-refractivity contribution in [3.05, 3.63) is 28.2 Å². The summed E-state index contributed by atoms with van der Waals surface area (Å²) in [6.45, 7) is 0.746. The molecule has 1 aromatic carbocycles. The van der Waals surface area contributed by atoms with E-state index in [-0.39, 0.29) is 5.91 Å². The molecule has 1 aromatic rings. The van der Waals surface area contributed by atoms with Gasteiger partial charge in [0.25, 0.3) is 0 Å². The van der Waals surface area contributed by atoms with Gasteiger partial charge in [-0.15, -0.1) is 0 Å². The van der Waals surface area contributed by atoms with Crippen LogP contribution in [-0.4, -0.2) is 17.4 Å². The van der Waals surface area contributed by atoms with Crippen molar-refractivity contribution in [1.82, 2.24) is 0 Å². The van der Waals surface area contributed by atoms with Crippen molar-refractivity contribution >= 4 is 44.7 Å². The third-order valence-corrected chi connectivity index (χ3v) is 3.30. The minimum atomic E-state index is 0.139. The predicted octanol–water partition coefficient (Wildman–Crippen LogP) is 2.21. The summed E-state index contributed by atoms with van der Waals surface area (Å²) in [7, 11) is 0. The first-order valence-corrected chi connectivity index (χ1v) is 6.19. The second kappa shape index (κ2) is 4.51. The Morgan fingerprint density at radius 2 is 2.25 bits per heavy atom. The molecule has 16 heavy (non-hydrogen) atoms. The van der Waals surface area contributed by atoms with Gasteiger partial charge in [-0.2, -0.15) is 0 Å². The minimum Gasteiger partial charge on any atom is -0.389 e. The first-order chi connectivity index (χ1) is 7.59. The predicted molar refractivity (Wildman–Crippen MR) is 71.6 cm³/mol. The van der Waals surface area contributed by atoms with Gasteiger partial charge in [0.2, 0.25) is 5.91 Å². The highest BCUT2D eigenvalue weighted by Crippen LogP contribution is 2.28. The Hall–Kier alpha value is -0.940. The smallest absolute Gasteiger partial charge is 0.227 e. The standard InChI is InChI=1S/C11H11BrN2OS/c12-7-3-4-9(8(6-7)11(13)16)14-5-1-2-10(14)15/h3-4,6H,1-2,5H2,(H2,13,16). The molecule has 0 unspecified atom stereocenters. The van der Waals surface area contributed by atoms with Gasteiger partial charge in [0.1, 0.15) is 4.99 Å². The van der Waals surface area contributed by atoms with Crippen molar-refractivity contribution in [2.75, 3.05) is 11.4 Å². The summed E-state index contributed by atoms with van der Waals surface area (Å²) < 4.78 is 0.908. The molecule has 1 fully saturated rings. The molecular weight excluding hydrogens is 288 g/mol. The van der Waals surface area contributed by atoms with Crippen LogP contribution in [0.1, 0.15) is 18.4 Å². The van der Waals surface area contributed by atoms with Gasteiger partial charge in [0.15, 0.2) is 0 Å². The Kier molecular flexibility index (Phi) is 3.25. The summed E-state index contributed by atoms with van der Waals surface area (Å²) in [6, 6.07) is 5.62. The molecule has 1 saturated heterocycles. The summed E-state index contributed by atoms with van der Waals surface area (Å²) >= 11 is 8.37. The molecule has 2 rings (SSSR count). The van der Waals surface area contributed by atoms with Gasteiger partial charge in [-0.25, -0.2) is 0 Å². The number of benzene rings is 1. The van der Waals surface area contributed by atoms with Crippen LogP contribution in [0.3, 0.4) is 0 Å². The van der Waals surface area contributed by atoms with E-state index >= 15 is 0 Å². The molecule has 2 N–H and O–H groups in total. The van der Waals surface area contributed by atoms with Crippen LogP contribution in [0.15, 0.2) is 22.7 Å². The van der Waals surface area contributed by atoms with Crippen molar-refractivity contribution < 1.29 is 4.79 Å². The number of halogens is 1. The van der Waals surface area contributed by atoms with Gasteiger partial charge in [0.05, 0.1) is 5.69 Å². The third-order valence-electron chi connectivity index (χ3n) is 2.59. The summed E-state index contributed by atoms with van der Waals surface area (Å²) in [5, 5.41) is 0. The third kappa shape index (κ3) is 2.10. The van der Waals surface area contributed by atoms with Gasteiger partial charge >= 0.3 is 0 Å². The number of carbonyl (C=O) groups is 1. The number of carbonyl (C=O) groups excluding carboxylic acids is 1. The molecule has 0 aliphatic carbocycles. The van der Waals surface area contributed by atoms with E-state index in [1.165, 1.54) is 0 Å². The van der Waals surface area contributed by atoms with Crippen LogP contribution >= 0.6 is 28.1 Å². The fourth-order valence-corrected chi connectivity index (χ4v) is 2.37. The van der Waals surface area contributed by atoms with Gasteiger partial charge in [-0.3, -0.25) is 4.79 Å². The first-order valence-electron chi connectivity index (χ1n) is 4.99. The molecule has 3 nitrogen and oxygen atoms in total. The Labute approximate surface area is 108 Å². The largest absolute Gasteiger partial charge is 0.389 e. The van der Waals surface area contributed by atoms with Gasteiger partial charge in [-0.05, 0) is 24.6 Å². The maximum absolute atomic E-state index is 11.7. The normalized spacial score (nSPS) is 15.6. The van der Waals surface area contributed by atoms with Crippen LogP contribution in [0, 0.1) is 0 Å². The molecule has 0 aromatic heterocycles. The SMILES string of the molecule is NC(=S)c1cc(Br)ccc1N1CCCC1=O. The number of amides is 1. The van der Waals surface area contributed by atoms with E-state index in [1.807, 2.05) is 18.2 Å². The second-order valence-electron chi connectivity index (χ2n) is 3.67. The molecule has 1 aliphatic rings. The van der Waals surface area contributed by atoms with E-state index < -0.39 is 0 Å². The fraction of sp³-hybridized carbons (Fsp3) is 0.273. The molecule has 0 spiro atoms. The van der Waals surface area contributed by atoms with Crippen molar-refractivity contribution in [2.45, 2.75) is 12.8 Å². The zero-order valence-corrected chi connectivity index (χ0v) is 11.0. The van der Waals surface area contributed by atoms with Crippen LogP contribution in [0.4, 0.5) is 5.69 Å². The first kappa shape index (κ1) is 11.5. The van der Waals surface area contributed by atoms with Gasteiger partial charge in [0, 0.05) is 23.0 Å². The summed E-state index contributed by atoms with van der Waals surface area (Å²) in [4.78, 5) is 13.7. The number of hydrogen-bond acceptors (Lipinski definition) is 2. The Morgan fingerprint density at radius 1 is 1.50 bits per heavy atom. The average molecular weight is 299 g/mol. The lowest BCUT2D eigenvalue weighted by molar-refractivity contribution is -0.117. The molecule has 1 amide bonds.